The summed E-state index contributed by atoms with van der Waals surface area (Å²) in [6.45, 7) is 12.5. The SMILES string of the molecule is Cc1ncc(Oc2cc(SC(C)(C)C)ncc2C(C)C)c(N)n1. The molecule has 0 fully saturated rings. The zero-order chi connectivity index (χ0) is 17.2. The van der Waals surface area contributed by atoms with Crippen LogP contribution in [0, 0.1) is 6.92 Å². The predicted molar refractivity (Wildman–Crippen MR) is 95.2 cm³/mol. The molecule has 0 amide bonds. The van der Waals surface area contributed by atoms with Gasteiger partial charge in [-0.25, -0.2) is 15.0 Å². The van der Waals surface area contributed by atoms with Gasteiger partial charge in [-0.05, 0) is 12.8 Å². The lowest BCUT2D eigenvalue weighted by Gasteiger charge is -2.19. The maximum Gasteiger partial charge on any atom is 0.187 e. The lowest BCUT2D eigenvalue weighted by Crippen LogP contribution is -2.08. The van der Waals surface area contributed by atoms with Crippen molar-refractivity contribution in [3.05, 3.63) is 29.8 Å². The van der Waals surface area contributed by atoms with Gasteiger partial charge >= 0.3 is 0 Å². The smallest absolute Gasteiger partial charge is 0.187 e. The Balaban J connectivity index is 2.39. The molecule has 2 heterocycles. The highest BCUT2D eigenvalue weighted by Crippen LogP contribution is 2.37. The van der Waals surface area contributed by atoms with Gasteiger partial charge in [-0.3, -0.25) is 0 Å². The Morgan fingerprint density at radius 3 is 2.39 bits per heavy atom. The second-order valence-electron chi connectivity index (χ2n) is 6.70. The number of nitrogens with two attached hydrogens (primary N) is 1. The van der Waals surface area contributed by atoms with E-state index in [9.17, 15) is 0 Å². The van der Waals surface area contributed by atoms with Crippen molar-refractivity contribution in [1.29, 1.82) is 0 Å². The molecule has 0 saturated carbocycles. The molecule has 5 nitrogen and oxygen atoms in total. The second kappa shape index (κ2) is 6.74. The largest absolute Gasteiger partial charge is 0.451 e. The van der Waals surface area contributed by atoms with Crippen molar-refractivity contribution in [2.24, 2.45) is 0 Å². The maximum absolute atomic E-state index is 6.01. The minimum Gasteiger partial charge on any atom is -0.451 e. The first-order chi connectivity index (χ1) is 10.7. The van der Waals surface area contributed by atoms with Crippen LogP contribution in [-0.4, -0.2) is 19.7 Å². The number of anilines is 1. The number of thioether (sulfide) groups is 1. The van der Waals surface area contributed by atoms with E-state index in [1.807, 2.05) is 12.3 Å². The summed E-state index contributed by atoms with van der Waals surface area (Å²) in [5.74, 6) is 2.47. The molecule has 2 aromatic heterocycles. The van der Waals surface area contributed by atoms with Crippen molar-refractivity contribution >= 4 is 17.6 Å². The fourth-order valence-corrected chi connectivity index (χ4v) is 2.89. The van der Waals surface area contributed by atoms with Crippen LogP contribution in [0.15, 0.2) is 23.5 Å². The Labute approximate surface area is 142 Å². The molecule has 6 heteroatoms. The molecule has 0 radical (unpaired) electrons. The van der Waals surface area contributed by atoms with Crippen molar-refractivity contribution in [3.63, 3.8) is 0 Å². The molecule has 0 aromatic carbocycles. The molecule has 2 N–H and O–H groups in total. The van der Waals surface area contributed by atoms with Gasteiger partial charge < -0.3 is 10.5 Å². The predicted octanol–water partition coefficient (Wildman–Crippen LogP) is 4.57. The standard InChI is InChI=1S/C17H24N4OS/c1-10(2)12-8-20-15(23-17(4,5)6)7-13(12)22-14-9-19-11(3)21-16(14)18/h7-10H,1-6H3,(H2,18,19,21). The Morgan fingerprint density at radius 2 is 1.83 bits per heavy atom. The lowest BCUT2D eigenvalue weighted by atomic mass is 10.1. The summed E-state index contributed by atoms with van der Waals surface area (Å²) in [6, 6.07) is 1.96. The Kier molecular flexibility index (Phi) is 5.14. The molecule has 0 spiro atoms. The van der Waals surface area contributed by atoms with Gasteiger partial charge in [-0.15, -0.1) is 11.8 Å². The van der Waals surface area contributed by atoms with E-state index in [0.29, 0.717) is 23.3 Å². The molecule has 0 aliphatic carbocycles. The van der Waals surface area contributed by atoms with E-state index < -0.39 is 0 Å². The summed E-state index contributed by atoms with van der Waals surface area (Å²) >= 11 is 1.70. The van der Waals surface area contributed by atoms with E-state index in [0.717, 1.165) is 16.3 Å². The zero-order valence-corrected chi connectivity index (χ0v) is 15.4. The molecular weight excluding hydrogens is 308 g/mol. The van der Waals surface area contributed by atoms with Gasteiger partial charge in [0.25, 0.3) is 0 Å². The van der Waals surface area contributed by atoms with E-state index in [1.54, 1.807) is 24.9 Å². The van der Waals surface area contributed by atoms with Crippen LogP contribution in [-0.2, 0) is 0 Å². The summed E-state index contributed by atoms with van der Waals surface area (Å²) in [7, 11) is 0. The summed E-state index contributed by atoms with van der Waals surface area (Å²) in [4.78, 5) is 12.8. The van der Waals surface area contributed by atoms with E-state index in [-0.39, 0.29) is 4.75 Å². The third-order valence-corrected chi connectivity index (χ3v) is 4.07. The molecule has 0 saturated heterocycles. The van der Waals surface area contributed by atoms with Crippen LogP contribution >= 0.6 is 11.8 Å². The number of pyridine rings is 1. The zero-order valence-electron chi connectivity index (χ0n) is 14.5. The molecular formula is C17H24N4OS. The van der Waals surface area contributed by atoms with Crippen LogP contribution < -0.4 is 10.5 Å². The molecule has 23 heavy (non-hydrogen) atoms. The molecule has 2 aromatic rings. The summed E-state index contributed by atoms with van der Waals surface area (Å²) in [5, 5.41) is 0.920. The van der Waals surface area contributed by atoms with Gasteiger partial charge in [0, 0.05) is 22.6 Å². The van der Waals surface area contributed by atoms with Crippen LogP contribution in [0.3, 0.4) is 0 Å². The highest BCUT2D eigenvalue weighted by atomic mass is 32.2. The van der Waals surface area contributed by atoms with Crippen LogP contribution in [0.5, 0.6) is 11.5 Å². The molecule has 2 rings (SSSR count). The normalized spacial score (nSPS) is 11.8. The van der Waals surface area contributed by atoms with Gasteiger partial charge in [0.2, 0.25) is 0 Å². The summed E-state index contributed by atoms with van der Waals surface area (Å²) < 4.78 is 6.09. The van der Waals surface area contributed by atoms with Gasteiger partial charge in [0.15, 0.2) is 11.6 Å². The summed E-state index contributed by atoms with van der Waals surface area (Å²) in [5.41, 5.74) is 6.97. The third-order valence-electron chi connectivity index (χ3n) is 3.03. The average molecular weight is 332 g/mol. The van der Waals surface area contributed by atoms with Crippen LogP contribution in [0.4, 0.5) is 5.82 Å². The minimum atomic E-state index is 0.0790. The minimum absolute atomic E-state index is 0.0790. The summed E-state index contributed by atoms with van der Waals surface area (Å²) in [6.07, 6.45) is 3.48. The van der Waals surface area contributed by atoms with Crippen LogP contribution in [0.25, 0.3) is 0 Å². The van der Waals surface area contributed by atoms with Crippen LogP contribution in [0.1, 0.15) is 51.9 Å². The van der Waals surface area contributed by atoms with Crippen molar-refractivity contribution in [2.45, 2.75) is 57.2 Å². The van der Waals surface area contributed by atoms with E-state index in [4.69, 9.17) is 10.5 Å². The van der Waals surface area contributed by atoms with Gasteiger partial charge in [-0.1, -0.05) is 34.6 Å². The van der Waals surface area contributed by atoms with E-state index in [2.05, 4.69) is 49.6 Å². The first kappa shape index (κ1) is 17.5. The number of rotatable bonds is 4. The molecule has 0 aliphatic rings. The number of ether oxygens (including phenoxy) is 1. The second-order valence-corrected chi connectivity index (χ2v) is 8.55. The topological polar surface area (TPSA) is 73.9 Å². The number of hydrogen-bond acceptors (Lipinski definition) is 6. The quantitative estimate of drug-likeness (QED) is 0.827. The maximum atomic E-state index is 6.01. The molecule has 0 unspecified atom stereocenters. The fraction of sp³-hybridized carbons (Fsp3) is 0.471. The molecule has 0 bridgehead atoms. The monoisotopic (exact) mass is 332 g/mol. The van der Waals surface area contributed by atoms with Crippen molar-refractivity contribution in [2.75, 3.05) is 5.73 Å². The number of nitrogens with zero attached hydrogens (tertiary/aromatic N) is 3. The van der Waals surface area contributed by atoms with Gasteiger partial charge in [0.05, 0.1) is 6.20 Å². The number of aryl methyl sites for hydroxylation is 1. The first-order valence-corrected chi connectivity index (χ1v) is 8.43. The number of hydrogen-bond donors (Lipinski definition) is 1. The first-order valence-electron chi connectivity index (χ1n) is 7.61. The lowest BCUT2D eigenvalue weighted by molar-refractivity contribution is 0.467. The van der Waals surface area contributed by atoms with Crippen molar-refractivity contribution in [3.8, 4) is 11.5 Å². The molecule has 124 valence electrons. The number of nitrogen functional groups attached to an aromatic ring is 1. The highest BCUT2D eigenvalue weighted by Gasteiger charge is 2.17. The third kappa shape index (κ3) is 4.82. The van der Waals surface area contributed by atoms with E-state index in [1.165, 1.54) is 0 Å². The van der Waals surface area contributed by atoms with E-state index >= 15 is 0 Å². The Bertz CT molecular complexity index is 695. The van der Waals surface area contributed by atoms with Gasteiger partial charge in [-0.2, -0.15) is 0 Å². The highest BCUT2D eigenvalue weighted by molar-refractivity contribution is 8.00. The van der Waals surface area contributed by atoms with Crippen LogP contribution in [0.2, 0.25) is 0 Å². The average Bonchev–Trinajstić information content (AvgIpc) is 2.40. The van der Waals surface area contributed by atoms with Crippen molar-refractivity contribution < 1.29 is 4.74 Å². The van der Waals surface area contributed by atoms with Gasteiger partial charge in [0.1, 0.15) is 16.6 Å². The number of aromatic nitrogens is 3. The molecule has 0 atom stereocenters. The molecule has 0 aliphatic heterocycles. The fourth-order valence-electron chi connectivity index (χ4n) is 1.99. The van der Waals surface area contributed by atoms with Crippen molar-refractivity contribution in [1.82, 2.24) is 15.0 Å². The Morgan fingerprint density at radius 1 is 1.13 bits per heavy atom. The Hall–Kier alpha value is -1.82.